The Morgan fingerprint density at radius 1 is 1.03 bits per heavy atom. The number of ether oxygens (including phenoxy) is 1. The first-order chi connectivity index (χ1) is 15.5. The lowest BCUT2D eigenvalue weighted by molar-refractivity contribution is -0.123. The number of methoxy groups -OCH3 is 1. The highest BCUT2D eigenvalue weighted by Crippen LogP contribution is 2.33. The van der Waals surface area contributed by atoms with Crippen molar-refractivity contribution < 1.29 is 18.8 Å². The third-order valence-corrected chi connectivity index (χ3v) is 5.72. The molecule has 3 aromatic rings. The van der Waals surface area contributed by atoms with Crippen LogP contribution in [0.1, 0.15) is 17.0 Å². The van der Waals surface area contributed by atoms with Crippen molar-refractivity contribution >= 4 is 17.5 Å². The van der Waals surface area contributed by atoms with Crippen LogP contribution in [0.4, 0.5) is 5.69 Å². The fourth-order valence-corrected chi connectivity index (χ4v) is 3.80. The van der Waals surface area contributed by atoms with E-state index in [0.29, 0.717) is 17.3 Å². The summed E-state index contributed by atoms with van der Waals surface area (Å²) in [6.07, 6.45) is 0. The van der Waals surface area contributed by atoms with E-state index in [-0.39, 0.29) is 12.4 Å². The molecule has 1 saturated heterocycles. The first-order valence-corrected chi connectivity index (χ1v) is 10.1. The van der Waals surface area contributed by atoms with E-state index in [4.69, 9.17) is 9.26 Å². The molecule has 3 heterocycles. The predicted molar refractivity (Wildman–Crippen MR) is 113 cm³/mol. The van der Waals surface area contributed by atoms with E-state index in [9.17, 15) is 9.59 Å². The number of hydrogen-bond donors (Lipinski definition) is 0. The van der Waals surface area contributed by atoms with Gasteiger partial charge < -0.3 is 9.26 Å². The molecule has 2 amide bonds. The Labute approximate surface area is 183 Å². The summed E-state index contributed by atoms with van der Waals surface area (Å²) in [6.45, 7) is 4.12. The molecule has 32 heavy (non-hydrogen) atoms. The monoisotopic (exact) mass is 432 g/mol. The second-order valence-corrected chi connectivity index (χ2v) is 7.71. The molecule has 0 aliphatic carbocycles. The van der Waals surface area contributed by atoms with Gasteiger partial charge in [-0.3, -0.25) is 14.6 Å². The Bertz CT molecular complexity index is 1240. The molecule has 1 fully saturated rings. The van der Waals surface area contributed by atoms with Gasteiger partial charge in [0.15, 0.2) is 12.1 Å². The van der Waals surface area contributed by atoms with E-state index in [0.717, 1.165) is 16.0 Å². The molecule has 0 radical (unpaired) electrons. The number of nitrogens with zero attached hydrogens (tertiary/aromatic N) is 6. The van der Waals surface area contributed by atoms with Gasteiger partial charge in [0, 0.05) is 5.56 Å². The van der Waals surface area contributed by atoms with Crippen molar-refractivity contribution in [3.05, 3.63) is 59.5 Å². The molecule has 0 N–H and O–H groups in total. The van der Waals surface area contributed by atoms with Crippen LogP contribution in [0, 0.1) is 13.8 Å². The maximum Gasteiger partial charge on any atom is 0.263 e. The molecule has 2 aliphatic rings. The van der Waals surface area contributed by atoms with E-state index in [1.807, 2.05) is 32.0 Å². The zero-order chi connectivity index (χ0) is 22.4. The molecule has 162 valence electrons. The number of benzene rings is 2. The topological polar surface area (TPSA) is 113 Å². The zero-order valence-electron chi connectivity index (χ0n) is 17.7. The van der Waals surface area contributed by atoms with Gasteiger partial charge in [0.1, 0.15) is 12.3 Å². The average molecular weight is 432 g/mol. The molecular weight excluding hydrogens is 412 g/mol. The average Bonchev–Trinajstić information content (AvgIpc) is 3.49. The van der Waals surface area contributed by atoms with Gasteiger partial charge in [-0.05, 0) is 55.3 Å². The van der Waals surface area contributed by atoms with Crippen molar-refractivity contribution in [2.24, 2.45) is 10.3 Å². The summed E-state index contributed by atoms with van der Waals surface area (Å²) in [4.78, 5) is 31.5. The van der Waals surface area contributed by atoms with Crippen LogP contribution in [0.5, 0.6) is 5.75 Å². The van der Waals surface area contributed by atoms with Crippen molar-refractivity contribution in [3.63, 3.8) is 0 Å². The summed E-state index contributed by atoms with van der Waals surface area (Å²) >= 11 is 0. The first-order valence-electron chi connectivity index (χ1n) is 10.1. The van der Waals surface area contributed by atoms with E-state index in [1.54, 1.807) is 31.4 Å². The van der Waals surface area contributed by atoms with E-state index >= 15 is 0 Å². The van der Waals surface area contributed by atoms with Gasteiger partial charge >= 0.3 is 0 Å². The number of amides is 2. The van der Waals surface area contributed by atoms with Crippen LogP contribution in [-0.4, -0.2) is 46.2 Å². The fourth-order valence-electron chi connectivity index (χ4n) is 3.80. The minimum absolute atomic E-state index is 0.0674. The molecule has 2 aliphatic heterocycles. The van der Waals surface area contributed by atoms with Crippen LogP contribution < -0.4 is 9.64 Å². The molecule has 2 aromatic carbocycles. The number of aromatic nitrogens is 2. The number of aryl methyl sites for hydroxylation is 2. The van der Waals surface area contributed by atoms with Gasteiger partial charge in [-0.1, -0.05) is 22.5 Å². The number of anilines is 1. The second-order valence-electron chi connectivity index (χ2n) is 7.71. The molecule has 0 saturated carbocycles. The van der Waals surface area contributed by atoms with E-state index in [1.165, 1.54) is 10.6 Å². The minimum Gasteiger partial charge on any atom is -0.497 e. The molecule has 0 spiro atoms. The highest BCUT2D eigenvalue weighted by atomic mass is 16.5. The van der Waals surface area contributed by atoms with Crippen molar-refractivity contribution in [3.8, 4) is 17.1 Å². The van der Waals surface area contributed by atoms with Gasteiger partial charge in [-0.15, -0.1) is 0 Å². The van der Waals surface area contributed by atoms with Gasteiger partial charge in [0.05, 0.1) is 12.8 Å². The SMILES string of the molecule is COc1ccc(N2C(=O)[C@H]3N=NN(Cc4nc(-c5ccc(C)c(C)c5)no4)[C@@H]3C2=O)cc1. The molecule has 5 rings (SSSR count). The molecule has 10 heteroatoms. The smallest absolute Gasteiger partial charge is 0.263 e. The Balaban J connectivity index is 1.35. The summed E-state index contributed by atoms with van der Waals surface area (Å²) in [5, 5.41) is 13.5. The first kappa shape index (κ1) is 19.9. The number of carbonyl (C=O) groups is 2. The fraction of sp³-hybridized carbons (Fsp3) is 0.273. The van der Waals surface area contributed by atoms with Crippen LogP contribution in [0.15, 0.2) is 57.3 Å². The summed E-state index contributed by atoms with van der Waals surface area (Å²) in [5.74, 6) is 0.539. The highest BCUT2D eigenvalue weighted by Gasteiger charge is 2.55. The number of hydrogen-bond acceptors (Lipinski definition) is 9. The lowest BCUT2D eigenvalue weighted by Gasteiger charge is -2.19. The lowest BCUT2D eigenvalue weighted by Crippen LogP contribution is -2.39. The number of carbonyl (C=O) groups excluding carboxylic acids is 2. The van der Waals surface area contributed by atoms with E-state index in [2.05, 4.69) is 20.5 Å². The highest BCUT2D eigenvalue weighted by molar-refractivity contribution is 6.25. The zero-order valence-corrected chi connectivity index (χ0v) is 17.7. The Morgan fingerprint density at radius 2 is 1.81 bits per heavy atom. The van der Waals surface area contributed by atoms with Gasteiger partial charge in [-0.2, -0.15) is 10.1 Å². The predicted octanol–water partition coefficient (Wildman–Crippen LogP) is 2.86. The number of fused-ring (bicyclic) bond motifs is 1. The van der Waals surface area contributed by atoms with Crippen molar-refractivity contribution in [1.29, 1.82) is 0 Å². The molecule has 1 aromatic heterocycles. The Morgan fingerprint density at radius 3 is 2.53 bits per heavy atom. The van der Waals surface area contributed by atoms with Crippen LogP contribution in [-0.2, 0) is 16.1 Å². The number of rotatable bonds is 5. The Kier molecular flexibility index (Phi) is 4.69. The molecule has 2 atom stereocenters. The van der Waals surface area contributed by atoms with Crippen LogP contribution in [0.2, 0.25) is 0 Å². The third kappa shape index (κ3) is 3.20. The maximum atomic E-state index is 13.1. The second kappa shape index (κ2) is 7.56. The van der Waals surface area contributed by atoms with Crippen molar-refractivity contribution in [2.45, 2.75) is 32.5 Å². The van der Waals surface area contributed by atoms with Crippen LogP contribution in [0.3, 0.4) is 0 Å². The molecule has 0 bridgehead atoms. The van der Waals surface area contributed by atoms with E-state index < -0.39 is 23.9 Å². The molecule has 0 unspecified atom stereocenters. The third-order valence-electron chi connectivity index (χ3n) is 5.72. The minimum atomic E-state index is -0.897. The van der Waals surface area contributed by atoms with Gasteiger partial charge in [0.2, 0.25) is 11.7 Å². The summed E-state index contributed by atoms with van der Waals surface area (Å²) in [5.41, 5.74) is 3.59. The molecule has 10 nitrogen and oxygen atoms in total. The quantitative estimate of drug-likeness (QED) is 0.570. The van der Waals surface area contributed by atoms with Crippen molar-refractivity contribution in [1.82, 2.24) is 15.1 Å². The number of imide groups is 1. The van der Waals surface area contributed by atoms with Crippen LogP contribution in [0.25, 0.3) is 11.4 Å². The van der Waals surface area contributed by atoms with Gasteiger partial charge in [-0.25, -0.2) is 4.90 Å². The Hall–Kier alpha value is -4.08. The largest absolute Gasteiger partial charge is 0.497 e. The standard InChI is InChI=1S/C22H20N6O4/c1-12-4-5-14(10-13(12)2)20-23-17(32-25-20)11-27-19-18(24-26-27)21(29)28(22(19)30)15-6-8-16(31-3)9-7-15/h4-10,18-19H,11H2,1-3H3/t18-,19-/m0/s1. The van der Waals surface area contributed by atoms with Crippen molar-refractivity contribution in [2.75, 3.05) is 12.0 Å². The van der Waals surface area contributed by atoms with Crippen LogP contribution >= 0.6 is 0 Å². The maximum absolute atomic E-state index is 13.1. The molecular formula is C22H20N6O4. The summed E-state index contributed by atoms with van der Waals surface area (Å²) in [6, 6.07) is 10.9. The van der Waals surface area contributed by atoms with Gasteiger partial charge in [0.25, 0.3) is 11.8 Å². The lowest BCUT2D eigenvalue weighted by atomic mass is 10.1. The summed E-state index contributed by atoms with van der Waals surface area (Å²) in [7, 11) is 1.55. The normalized spacial score (nSPS) is 19.7. The summed E-state index contributed by atoms with van der Waals surface area (Å²) < 4.78 is 10.5.